The van der Waals surface area contributed by atoms with Crippen LogP contribution >= 0.6 is 0 Å². The maximum Gasteiger partial charge on any atom is 0.237 e. The number of rotatable bonds is 8. The number of amides is 1. The van der Waals surface area contributed by atoms with E-state index < -0.39 is 5.54 Å². The topological polar surface area (TPSA) is 72.3 Å². The maximum absolute atomic E-state index is 11.6. The molecule has 4 heteroatoms. The Labute approximate surface area is 116 Å². The Hall–Kier alpha value is -0.610. The number of carbonyl (C=O) groups excluding carboxylic acids is 1. The van der Waals surface area contributed by atoms with Crippen molar-refractivity contribution in [3.63, 3.8) is 0 Å². The standard InChI is InChI=1S/C15H29N3O/c1-2-3-10-18(13-6-7-13)11-8-12-5-4-9-15(12,17)14(16)19/h12-13H,2-11,17H2,1H3,(H2,16,19). The highest BCUT2D eigenvalue weighted by Gasteiger charge is 2.44. The molecule has 2 aliphatic carbocycles. The lowest BCUT2D eigenvalue weighted by Gasteiger charge is -2.30. The van der Waals surface area contributed by atoms with Gasteiger partial charge in [0.1, 0.15) is 0 Å². The van der Waals surface area contributed by atoms with E-state index >= 15 is 0 Å². The molecule has 0 aromatic rings. The zero-order valence-electron chi connectivity index (χ0n) is 12.2. The van der Waals surface area contributed by atoms with Gasteiger partial charge in [0.15, 0.2) is 0 Å². The highest BCUT2D eigenvalue weighted by Crippen LogP contribution is 2.37. The highest BCUT2D eigenvalue weighted by molar-refractivity contribution is 5.85. The van der Waals surface area contributed by atoms with Crippen LogP contribution in [-0.4, -0.2) is 35.5 Å². The summed E-state index contributed by atoms with van der Waals surface area (Å²) in [6.45, 7) is 4.52. The van der Waals surface area contributed by atoms with E-state index in [2.05, 4.69) is 11.8 Å². The second kappa shape index (κ2) is 6.23. The molecule has 0 saturated heterocycles. The molecule has 2 unspecified atom stereocenters. The molecule has 0 aromatic carbocycles. The molecule has 2 saturated carbocycles. The van der Waals surface area contributed by atoms with Gasteiger partial charge in [-0.3, -0.25) is 4.79 Å². The quantitative estimate of drug-likeness (QED) is 0.702. The van der Waals surface area contributed by atoms with E-state index in [0.717, 1.165) is 38.3 Å². The molecule has 2 aliphatic rings. The van der Waals surface area contributed by atoms with Crippen molar-refractivity contribution in [3.8, 4) is 0 Å². The number of hydrogen-bond donors (Lipinski definition) is 2. The Bertz CT molecular complexity index is 317. The van der Waals surface area contributed by atoms with Gasteiger partial charge in [0, 0.05) is 6.04 Å². The van der Waals surface area contributed by atoms with Gasteiger partial charge in [-0.15, -0.1) is 0 Å². The summed E-state index contributed by atoms with van der Waals surface area (Å²) in [5.41, 5.74) is 11.0. The van der Waals surface area contributed by atoms with Gasteiger partial charge in [0.2, 0.25) is 5.91 Å². The molecule has 19 heavy (non-hydrogen) atoms. The number of carbonyl (C=O) groups is 1. The van der Waals surface area contributed by atoms with Crippen molar-refractivity contribution >= 4 is 5.91 Å². The summed E-state index contributed by atoms with van der Waals surface area (Å²) < 4.78 is 0. The summed E-state index contributed by atoms with van der Waals surface area (Å²) in [7, 11) is 0. The number of unbranched alkanes of at least 4 members (excludes halogenated alkanes) is 1. The molecular formula is C15H29N3O. The van der Waals surface area contributed by atoms with Crippen molar-refractivity contribution < 1.29 is 4.79 Å². The average molecular weight is 267 g/mol. The summed E-state index contributed by atoms with van der Waals surface area (Å²) in [5.74, 6) is -0.0191. The van der Waals surface area contributed by atoms with Crippen molar-refractivity contribution in [2.24, 2.45) is 17.4 Å². The molecule has 1 amide bonds. The van der Waals surface area contributed by atoms with Crippen LogP contribution in [0.3, 0.4) is 0 Å². The summed E-state index contributed by atoms with van der Waals surface area (Å²) in [4.78, 5) is 14.2. The Morgan fingerprint density at radius 2 is 2.05 bits per heavy atom. The molecular weight excluding hydrogens is 238 g/mol. The minimum atomic E-state index is -0.736. The summed E-state index contributed by atoms with van der Waals surface area (Å²) in [6, 6.07) is 0.800. The van der Waals surface area contributed by atoms with Crippen LogP contribution in [0.5, 0.6) is 0 Å². The second-order valence-corrected chi connectivity index (χ2v) is 6.40. The third-order valence-corrected chi connectivity index (χ3v) is 4.96. The van der Waals surface area contributed by atoms with E-state index in [1.165, 1.54) is 32.2 Å². The van der Waals surface area contributed by atoms with E-state index in [9.17, 15) is 4.79 Å². The first-order valence-electron chi connectivity index (χ1n) is 7.90. The molecule has 0 bridgehead atoms. The second-order valence-electron chi connectivity index (χ2n) is 6.40. The molecule has 110 valence electrons. The van der Waals surface area contributed by atoms with Gasteiger partial charge in [-0.05, 0) is 57.5 Å². The smallest absolute Gasteiger partial charge is 0.237 e. The van der Waals surface area contributed by atoms with Crippen molar-refractivity contribution in [2.75, 3.05) is 13.1 Å². The fourth-order valence-corrected chi connectivity index (χ4v) is 3.43. The molecule has 0 heterocycles. The zero-order valence-corrected chi connectivity index (χ0v) is 12.2. The van der Waals surface area contributed by atoms with Crippen molar-refractivity contribution in [1.82, 2.24) is 4.90 Å². The fraction of sp³-hybridized carbons (Fsp3) is 0.933. The minimum Gasteiger partial charge on any atom is -0.368 e. The highest BCUT2D eigenvalue weighted by atomic mass is 16.1. The van der Waals surface area contributed by atoms with Crippen LogP contribution in [0, 0.1) is 5.92 Å². The Morgan fingerprint density at radius 3 is 2.63 bits per heavy atom. The average Bonchev–Trinajstić information content (AvgIpc) is 3.14. The van der Waals surface area contributed by atoms with Crippen LogP contribution in [-0.2, 0) is 4.79 Å². The largest absolute Gasteiger partial charge is 0.368 e. The van der Waals surface area contributed by atoms with Crippen LogP contribution in [0.2, 0.25) is 0 Å². The van der Waals surface area contributed by atoms with Gasteiger partial charge in [0.05, 0.1) is 5.54 Å². The lowest BCUT2D eigenvalue weighted by molar-refractivity contribution is -0.124. The summed E-state index contributed by atoms with van der Waals surface area (Å²) in [6.07, 6.45) is 9.11. The molecule has 2 fully saturated rings. The normalized spacial score (nSPS) is 31.0. The van der Waals surface area contributed by atoms with Crippen molar-refractivity contribution in [1.29, 1.82) is 0 Å². The van der Waals surface area contributed by atoms with Gasteiger partial charge in [-0.1, -0.05) is 19.8 Å². The molecule has 2 rings (SSSR count). The van der Waals surface area contributed by atoms with Crippen molar-refractivity contribution in [2.45, 2.75) is 69.9 Å². The SMILES string of the molecule is CCCCN(CCC1CCCC1(N)C(N)=O)C1CC1. The Morgan fingerprint density at radius 1 is 1.32 bits per heavy atom. The number of nitrogens with two attached hydrogens (primary N) is 2. The first-order chi connectivity index (χ1) is 9.08. The first kappa shape index (κ1) is 14.8. The predicted octanol–water partition coefficient (Wildman–Crippen LogP) is 1.62. The molecule has 0 aliphatic heterocycles. The van der Waals surface area contributed by atoms with Gasteiger partial charge in [-0.25, -0.2) is 0 Å². The molecule has 0 radical (unpaired) electrons. The lowest BCUT2D eigenvalue weighted by atomic mass is 9.85. The van der Waals surface area contributed by atoms with Crippen molar-refractivity contribution in [3.05, 3.63) is 0 Å². The number of nitrogens with zero attached hydrogens (tertiary/aromatic N) is 1. The molecule has 0 aromatic heterocycles. The minimum absolute atomic E-state index is 0.285. The van der Waals surface area contributed by atoms with Gasteiger partial charge in [0.25, 0.3) is 0 Å². The van der Waals surface area contributed by atoms with Gasteiger partial charge >= 0.3 is 0 Å². The number of hydrogen-bond acceptors (Lipinski definition) is 3. The Kier molecular flexibility index (Phi) is 4.85. The predicted molar refractivity (Wildman–Crippen MR) is 77.6 cm³/mol. The van der Waals surface area contributed by atoms with Crippen LogP contribution in [0.15, 0.2) is 0 Å². The van der Waals surface area contributed by atoms with Crippen LogP contribution < -0.4 is 11.5 Å². The first-order valence-corrected chi connectivity index (χ1v) is 7.90. The number of primary amides is 1. The third-order valence-electron chi connectivity index (χ3n) is 4.96. The van der Waals surface area contributed by atoms with E-state index in [-0.39, 0.29) is 11.8 Å². The van der Waals surface area contributed by atoms with Crippen LogP contribution in [0.25, 0.3) is 0 Å². The maximum atomic E-state index is 11.6. The third kappa shape index (κ3) is 3.48. The van der Waals surface area contributed by atoms with Gasteiger partial charge in [-0.2, -0.15) is 0 Å². The van der Waals surface area contributed by atoms with E-state index in [0.29, 0.717) is 0 Å². The van der Waals surface area contributed by atoms with Gasteiger partial charge < -0.3 is 16.4 Å². The van der Waals surface area contributed by atoms with E-state index in [4.69, 9.17) is 11.5 Å². The molecule has 4 nitrogen and oxygen atoms in total. The summed E-state index contributed by atoms with van der Waals surface area (Å²) in [5, 5.41) is 0. The van der Waals surface area contributed by atoms with Crippen LogP contribution in [0.1, 0.15) is 58.3 Å². The van der Waals surface area contributed by atoms with Crippen LogP contribution in [0.4, 0.5) is 0 Å². The monoisotopic (exact) mass is 267 g/mol. The zero-order chi connectivity index (χ0) is 13.9. The van der Waals surface area contributed by atoms with E-state index in [1.807, 2.05) is 0 Å². The summed E-state index contributed by atoms with van der Waals surface area (Å²) >= 11 is 0. The molecule has 4 N–H and O–H groups in total. The van der Waals surface area contributed by atoms with E-state index in [1.54, 1.807) is 0 Å². The molecule has 2 atom stereocenters. The molecule has 0 spiro atoms. The lowest BCUT2D eigenvalue weighted by Crippen LogP contribution is -2.55. The Balaban J connectivity index is 1.84. The fourth-order valence-electron chi connectivity index (χ4n) is 3.43.